The summed E-state index contributed by atoms with van der Waals surface area (Å²) in [6, 6.07) is 6.31. The summed E-state index contributed by atoms with van der Waals surface area (Å²) in [5.74, 6) is -2.92. The van der Waals surface area contributed by atoms with Gasteiger partial charge in [0.1, 0.15) is 24.1 Å². The van der Waals surface area contributed by atoms with E-state index in [1.807, 2.05) is 0 Å². The van der Waals surface area contributed by atoms with Crippen LogP contribution in [0.3, 0.4) is 0 Å². The monoisotopic (exact) mass is 422 g/mol. The topological polar surface area (TPSA) is 125 Å². The highest BCUT2D eigenvalue weighted by Crippen LogP contribution is 2.44. The average molecular weight is 422 g/mol. The number of para-hydroxylation sites is 2. The van der Waals surface area contributed by atoms with Gasteiger partial charge in [-0.1, -0.05) is 12.1 Å². The van der Waals surface area contributed by atoms with Crippen LogP contribution in [0.15, 0.2) is 24.3 Å². The Morgan fingerprint density at radius 2 is 1.60 bits per heavy atom. The number of carbonyl (C=O) groups is 2. The molecule has 0 radical (unpaired) electrons. The van der Waals surface area contributed by atoms with Gasteiger partial charge >= 0.3 is 0 Å². The van der Waals surface area contributed by atoms with E-state index in [-0.39, 0.29) is 18.0 Å². The normalized spacial score (nSPS) is 33.4. The van der Waals surface area contributed by atoms with Crippen LogP contribution < -0.4 is 10.6 Å². The minimum Gasteiger partial charge on any atom is -0.506 e. The number of aromatic hydroxyl groups is 1. The standard InChI is InChI=1S/C20H26N2O8/c1-19(2)27-13-14(28-19)16-18(30-20(3,4)29-16)26-15(13)17(25)21-9-12(24)22-10-7-5-6-8-11(10)23/h5-8,13-16,18,23H,9H2,1-4H3,(H,21,25)(H,22,24)/t13-,14+,15+,16-,18+/m1/s1. The predicted octanol–water partition coefficient (Wildman–Crippen LogP) is 0.843. The molecule has 0 bridgehead atoms. The Bertz CT molecular complexity index is 842. The summed E-state index contributed by atoms with van der Waals surface area (Å²) in [4.78, 5) is 25.0. The Morgan fingerprint density at radius 3 is 2.33 bits per heavy atom. The summed E-state index contributed by atoms with van der Waals surface area (Å²) in [6.45, 7) is 6.68. The number of rotatable bonds is 4. The van der Waals surface area contributed by atoms with E-state index in [0.717, 1.165) is 0 Å². The van der Waals surface area contributed by atoms with E-state index in [4.69, 9.17) is 23.7 Å². The lowest BCUT2D eigenvalue weighted by Crippen LogP contribution is -2.59. The first-order chi connectivity index (χ1) is 14.0. The van der Waals surface area contributed by atoms with Gasteiger partial charge in [0.05, 0.1) is 12.2 Å². The number of fused-ring (bicyclic) bond motifs is 3. The molecule has 3 saturated heterocycles. The first-order valence-corrected chi connectivity index (χ1v) is 9.77. The lowest BCUT2D eigenvalue weighted by atomic mass is 9.98. The molecule has 2 amide bonds. The third kappa shape index (κ3) is 4.14. The van der Waals surface area contributed by atoms with Crippen LogP contribution in [0.1, 0.15) is 27.7 Å². The molecule has 5 atom stereocenters. The zero-order valence-corrected chi connectivity index (χ0v) is 17.2. The Hall–Kier alpha value is -2.24. The molecule has 1 aromatic carbocycles. The maximum absolute atomic E-state index is 12.8. The molecule has 0 aliphatic carbocycles. The van der Waals surface area contributed by atoms with E-state index in [1.54, 1.807) is 45.9 Å². The first-order valence-electron chi connectivity index (χ1n) is 9.77. The lowest BCUT2D eigenvalue weighted by Gasteiger charge is -2.36. The van der Waals surface area contributed by atoms with Crippen molar-refractivity contribution in [1.82, 2.24) is 5.32 Å². The van der Waals surface area contributed by atoms with E-state index < -0.39 is 54.1 Å². The number of benzene rings is 1. The smallest absolute Gasteiger partial charge is 0.252 e. The fraction of sp³-hybridized carbons (Fsp3) is 0.600. The van der Waals surface area contributed by atoms with Crippen LogP contribution >= 0.6 is 0 Å². The molecule has 0 unspecified atom stereocenters. The molecular weight excluding hydrogens is 396 g/mol. The third-order valence-electron chi connectivity index (χ3n) is 5.01. The van der Waals surface area contributed by atoms with Crippen molar-refractivity contribution in [3.05, 3.63) is 24.3 Å². The maximum atomic E-state index is 12.8. The molecule has 10 heteroatoms. The second-order valence-electron chi connectivity index (χ2n) is 8.37. The summed E-state index contributed by atoms with van der Waals surface area (Å²) in [6.07, 6.45) is -3.68. The molecule has 3 aliphatic rings. The number of carbonyl (C=O) groups excluding carboxylic acids is 2. The fourth-order valence-electron chi connectivity index (χ4n) is 3.87. The van der Waals surface area contributed by atoms with E-state index in [1.165, 1.54) is 6.07 Å². The minimum atomic E-state index is -1.05. The van der Waals surface area contributed by atoms with Crippen LogP contribution in [0.2, 0.25) is 0 Å². The second kappa shape index (κ2) is 7.47. The Kier molecular flexibility index (Phi) is 5.23. The van der Waals surface area contributed by atoms with Gasteiger partial charge in [-0.15, -0.1) is 0 Å². The summed E-state index contributed by atoms with van der Waals surface area (Å²) in [5.41, 5.74) is 0.251. The lowest BCUT2D eigenvalue weighted by molar-refractivity contribution is -0.231. The van der Waals surface area contributed by atoms with Crippen molar-refractivity contribution in [2.75, 3.05) is 11.9 Å². The van der Waals surface area contributed by atoms with E-state index in [0.29, 0.717) is 0 Å². The second-order valence-corrected chi connectivity index (χ2v) is 8.37. The molecule has 3 fully saturated rings. The van der Waals surface area contributed by atoms with Crippen molar-refractivity contribution in [2.24, 2.45) is 0 Å². The molecule has 30 heavy (non-hydrogen) atoms. The van der Waals surface area contributed by atoms with Gasteiger partial charge in [-0.3, -0.25) is 9.59 Å². The van der Waals surface area contributed by atoms with Gasteiger partial charge in [0.25, 0.3) is 5.91 Å². The number of hydrogen-bond acceptors (Lipinski definition) is 8. The van der Waals surface area contributed by atoms with Crippen molar-refractivity contribution in [2.45, 2.75) is 70.0 Å². The van der Waals surface area contributed by atoms with Crippen LogP contribution in [0.4, 0.5) is 5.69 Å². The number of anilines is 1. The third-order valence-corrected chi connectivity index (χ3v) is 5.01. The number of phenolic OH excluding ortho intramolecular Hbond substituents is 1. The summed E-state index contributed by atoms with van der Waals surface area (Å²) < 4.78 is 29.4. The summed E-state index contributed by atoms with van der Waals surface area (Å²) in [7, 11) is 0. The maximum Gasteiger partial charge on any atom is 0.252 e. The zero-order chi connectivity index (χ0) is 21.7. The Labute approximate surface area is 173 Å². The molecule has 0 saturated carbocycles. The summed E-state index contributed by atoms with van der Waals surface area (Å²) in [5, 5.41) is 14.8. The van der Waals surface area contributed by atoms with Crippen molar-refractivity contribution < 1.29 is 38.4 Å². The Morgan fingerprint density at radius 1 is 0.967 bits per heavy atom. The van der Waals surface area contributed by atoms with E-state index in [9.17, 15) is 14.7 Å². The number of amides is 2. The van der Waals surface area contributed by atoms with Crippen LogP contribution in [-0.2, 0) is 33.3 Å². The van der Waals surface area contributed by atoms with Gasteiger partial charge in [-0.25, -0.2) is 0 Å². The number of phenols is 1. The molecule has 0 aromatic heterocycles. The van der Waals surface area contributed by atoms with Crippen LogP contribution in [0.5, 0.6) is 5.75 Å². The van der Waals surface area contributed by atoms with Crippen LogP contribution in [0, 0.1) is 0 Å². The largest absolute Gasteiger partial charge is 0.506 e. The van der Waals surface area contributed by atoms with Gasteiger partial charge in [0.2, 0.25) is 5.91 Å². The predicted molar refractivity (Wildman–Crippen MR) is 102 cm³/mol. The minimum absolute atomic E-state index is 0.0681. The molecule has 3 heterocycles. The van der Waals surface area contributed by atoms with E-state index in [2.05, 4.69) is 10.6 Å². The molecule has 1 aromatic rings. The van der Waals surface area contributed by atoms with E-state index >= 15 is 0 Å². The first kappa shape index (κ1) is 21.0. The molecule has 0 spiro atoms. The Balaban J connectivity index is 1.41. The molecule has 3 aliphatic heterocycles. The van der Waals surface area contributed by atoms with Gasteiger partial charge in [0.15, 0.2) is 24.0 Å². The van der Waals surface area contributed by atoms with Gasteiger partial charge in [-0.2, -0.15) is 0 Å². The highest BCUT2D eigenvalue weighted by molar-refractivity contribution is 5.96. The van der Waals surface area contributed by atoms with Crippen molar-refractivity contribution in [1.29, 1.82) is 0 Å². The van der Waals surface area contributed by atoms with Gasteiger partial charge in [0, 0.05) is 0 Å². The number of nitrogens with one attached hydrogen (secondary N) is 2. The molecule has 10 nitrogen and oxygen atoms in total. The van der Waals surface area contributed by atoms with Gasteiger partial charge in [-0.05, 0) is 39.8 Å². The summed E-state index contributed by atoms with van der Waals surface area (Å²) >= 11 is 0. The molecule has 164 valence electrons. The average Bonchev–Trinajstić information content (AvgIpc) is 3.14. The highest BCUT2D eigenvalue weighted by atomic mass is 16.9. The van der Waals surface area contributed by atoms with Crippen molar-refractivity contribution >= 4 is 17.5 Å². The fourth-order valence-corrected chi connectivity index (χ4v) is 3.87. The zero-order valence-electron chi connectivity index (χ0n) is 17.2. The van der Waals surface area contributed by atoms with Crippen molar-refractivity contribution in [3.8, 4) is 5.75 Å². The SMILES string of the molecule is CC1(C)O[C@H]2[C@@H](O1)[C@@H](C(=O)NCC(=O)Nc1ccccc1O)O[C@H]1OC(C)(C)O[C@@H]12. The van der Waals surface area contributed by atoms with Crippen LogP contribution in [0.25, 0.3) is 0 Å². The number of ether oxygens (including phenoxy) is 5. The molecule has 4 rings (SSSR count). The molecular formula is C20H26N2O8. The highest BCUT2D eigenvalue weighted by Gasteiger charge is 2.62. The molecule has 3 N–H and O–H groups in total. The van der Waals surface area contributed by atoms with Crippen molar-refractivity contribution in [3.63, 3.8) is 0 Å². The van der Waals surface area contributed by atoms with Crippen LogP contribution in [-0.4, -0.2) is 65.7 Å². The number of hydrogen-bond donors (Lipinski definition) is 3. The quantitative estimate of drug-likeness (QED) is 0.610. The van der Waals surface area contributed by atoms with Gasteiger partial charge < -0.3 is 39.4 Å².